The number of halogens is 3. The predicted octanol–water partition coefficient (Wildman–Crippen LogP) is 3.79. The third-order valence-electron chi connectivity index (χ3n) is 2.84. The molecule has 0 bridgehead atoms. The van der Waals surface area contributed by atoms with Crippen molar-refractivity contribution in [2.24, 2.45) is 0 Å². The van der Waals surface area contributed by atoms with E-state index in [0.717, 1.165) is 38.0 Å². The number of alkyl halides is 1. The van der Waals surface area contributed by atoms with E-state index in [-0.39, 0.29) is 11.2 Å². The van der Waals surface area contributed by atoms with Gasteiger partial charge in [-0.3, -0.25) is 4.90 Å². The fraction of sp³-hybridized carbons (Fsp3) is 0.500. The Bertz CT molecular complexity index is 372. The Morgan fingerprint density at radius 1 is 1.50 bits per heavy atom. The van der Waals surface area contributed by atoms with Crippen molar-refractivity contribution in [2.45, 2.75) is 24.8 Å². The van der Waals surface area contributed by atoms with Gasteiger partial charge in [0.05, 0.1) is 4.47 Å². The average molecular weight is 307 g/mol. The number of piperidine rings is 1. The van der Waals surface area contributed by atoms with E-state index >= 15 is 0 Å². The number of hydrogen-bond acceptors (Lipinski definition) is 1. The number of benzene rings is 1. The highest BCUT2D eigenvalue weighted by Crippen LogP contribution is 2.20. The van der Waals surface area contributed by atoms with Crippen LogP contribution in [0.5, 0.6) is 0 Å². The van der Waals surface area contributed by atoms with Crippen molar-refractivity contribution in [3.05, 3.63) is 34.1 Å². The summed E-state index contributed by atoms with van der Waals surface area (Å²) in [4.78, 5) is 2.32. The van der Waals surface area contributed by atoms with Crippen LogP contribution in [0.15, 0.2) is 22.7 Å². The smallest absolute Gasteiger partial charge is 0.137 e. The Hall–Kier alpha value is -0.120. The van der Waals surface area contributed by atoms with Crippen LogP contribution in [0.4, 0.5) is 4.39 Å². The summed E-state index contributed by atoms with van der Waals surface area (Å²) in [5.74, 6) is -0.211. The van der Waals surface area contributed by atoms with Crippen molar-refractivity contribution in [1.29, 1.82) is 0 Å². The highest BCUT2D eigenvalue weighted by Gasteiger charge is 2.17. The number of likely N-dealkylation sites (tertiary alicyclic amines) is 1. The molecule has 1 aliphatic rings. The van der Waals surface area contributed by atoms with Gasteiger partial charge in [-0.25, -0.2) is 4.39 Å². The quantitative estimate of drug-likeness (QED) is 0.751. The molecule has 1 unspecified atom stereocenters. The number of rotatable bonds is 2. The van der Waals surface area contributed by atoms with Gasteiger partial charge in [0.2, 0.25) is 0 Å². The van der Waals surface area contributed by atoms with E-state index in [0.29, 0.717) is 4.47 Å². The maximum Gasteiger partial charge on any atom is 0.137 e. The summed E-state index contributed by atoms with van der Waals surface area (Å²) in [5, 5.41) is 0.262. The van der Waals surface area contributed by atoms with Crippen LogP contribution in [0.3, 0.4) is 0 Å². The first-order valence-corrected chi connectivity index (χ1v) is 6.68. The van der Waals surface area contributed by atoms with Crippen LogP contribution >= 0.6 is 27.5 Å². The highest BCUT2D eigenvalue weighted by atomic mass is 79.9. The fourth-order valence-corrected chi connectivity index (χ4v) is 2.81. The molecule has 2 rings (SSSR count). The number of hydrogen-bond donors (Lipinski definition) is 0. The Morgan fingerprint density at radius 3 is 3.00 bits per heavy atom. The highest BCUT2D eigenvalue weighted by molar-refractivity contribution is 9.10. The van der Waals surface area contributed by atoms with Gasteiger partial charge in [0, 0.05) is 18.5 Å². The lowest BCUT2D eigenvalue weighted by atomic mass is 10.1. The Balaban J connectivity index is 2.00. The second-order valence-corrected chi connectivity index (χ2v) is 5.69. The minimum absolute atomic E-state index is 0.211. The van der Waals surface area contributed by atoms with E-state index in [1.807, 2.05) is 12.1 Å². The summed E-state index contributed by atoms with van der Waals surface area (Å²) >= 11 is 9.33. The molecule has 1 atom stereocenters. The van der Waals surface area contributed by atoms with Gasteiger partial charge in [-0.05, 0) is 53.0 Å². The van der Waals surface area contributed by atoms with E-state index in [1.165, 1.54) is 6.07 Å². The lowest BCUT2D eigenvalue weighted by molar-refractivity contribution is 0.224. The van der Waals surface area contributed by atoms with Crippen molar-refractivity contribution in [3.63, 3.8) is 0 Å². The first-order chi connectivity index (χ1) is 7.65. The molecule has 1 nitrogen and oxygen atoms in total. The van der Waals surface area contributed by atoms with Crippen LogP contribution in [-0.2, 0) is 6.54 Å². The van der Waals surface area contributed by atoms with Crippen LogP contribution in [0, 0.1) is 5.82 Å². The zero-order chi connectivity index (χ0) is 11.5. The maximum absolute atomic E-state index is 13.1. The van der Waals surface area contributed by atoms with Crippen molar-refractivity contribution in [2.75, 3.05) is 13.1 Å². The van der Waals surface area contributed by atoms with Crippen LogP contribution in [-0.4, -0.2) is 23.4 Å². The molecule has 16 heavy (non-hydrogen) atoms. The second kappa shape index (κ2) is 5.48. The van der Waals surface area contributed by atoms with Gasteiger partial charge in [-0.15, -0.1) is 11.6 Å². The molecule has 0 N–H and O–H groups in total. The molecule has 0 aromatic heterocycles. The van der Waals surface area contributed by atoms with Crippen molar-refractivity contribution in [1.82, 2.24) is 4.90 Å². The summed E-state index contributed by atoms with van der Waals surface area (Å²) in [7, 11) is 0. The summed E-state index contributed by atoms with van der Waals surface area (Å²) in [6.07, 6.45) is 2.25. The Morgan fingerprint density at radius 2 is 2.31 bits per heavy atom. The molecule has 0 spiro atoms. The molecule has 88 valence electrons. The largest absolute Gasteiger partial charge is 0.298 e. The predicted molar refractivity (Wildman–Crippen MR) is 68.3 cm³/mol. The molecule has 1 aromatic rings. The molecule has 1 heterocycles. The van der Waals surface area contributed by atoms with E-state index < -0.39 is 0 Å². The summed E-state index contributed by atoms with van der Waals surface area (Å²) in [6, 6.07) is 5.17. The van der Waals surface area contributed by atoms with Gasteiger partial charge in [0.1, 0.15) is 5.82 Å². The zero-order valence-electron chi connectivity index (χ0n) is 8.93. The molecule has 1 aliphatic heterocycles. The van der Waals surface area contributed by atoms with Gasteiger partial charge >= 0.3 is 0 Å². The molecule has 0 amide bonds. The maximum atomic E-state index is 13.1. The normalized spacial score (nSPS) is 22.3. The van der Waals surface area contributed by atoms with Gasteiger partial charge in [-0.1, -0.05) is 6.07 Å². The Labute approximate surface area is 109 Å². The van der Waals surface area contributed by atoms with E-state index in [9.17, 15) is 4.39 Å². The lowest BCUT2D eigenvalue weighted by Gasteiger charge is -2.29. The molecule has 1 fully saturated rings. The summed E-state index contributed by atoms with van der Waals surface area (Å²) in [6.45, 7) is 2.86. The molecule has 1 saturated heterocycles. The van der Waals surface area contributed by atoms with Gasteiger partial charge in [0.25, 0.3) is 0 Å². The van der Waals surface area contributed by atoms with Gasteiger partial charge < -0.3 is 0 Å². The van der Waals surface area contributed by atoms with Gasteiger partial charge in [0.15, 0.2) is 0 Å². The molecular weight excluding hydrogens is 292 g/mol. The van der Waals surface area contributed by atoms with Crippen LogP contribution in [0.2, 0.25) is 0 Å². The van der Waals surface area contributed by atoms with Crippen LogP contribution in [0.1, 0.15) is 18.4 Å². The minimum atomic E-state index is -0.211. The number of nitrogens with zero attached hydrogens (tertiary/aromatic N) is 1. The molecule has 0 radical (unpaired) electrons. The zero-order valence-corrected chi connectivity index (χ0v) is 11.3. The van der Waals surface area contributed by atoms with Crippen molar-refractivity contribution < 1.29 is 4.39 Å². The third kappa shape index (κ3) is 3.19. The second-order valence-electron chi connectivity index (χ2n) is 4.22. The van der Waals surface area contributed by atoms with Crippen molar-refractivity contribution in [3.8, 4) is 0 Å². The van der Waals surface area contributed by atoms with E-state index in [2.05, 4.69) is 20.8 Å². The standard InChI is InChI=1S/C12H14BrClFN/c13-11-6-9(3-4-12(11)15)7-16-5-1-2-10(14)8-16/h3-4,6,10H,1-2,5,7-8H2. The summed E-state index contributed by atoms with van der Waals surface area (Å²) < 4.78 is 13.6. The fourth-order valence-electron chi connectivity index (χ4n) is 2.04. The van der Waals surface area contributed by atoms with Gasteiger partial charge in [-0.2, -0.15) is 0 Å². The Kier molecular flexibility index (Phi) is 4.22. The molecule has 0 aliphatic carbocycles. The molecular formula is C12H14BrClFN. The first-order valence-electron chi connectivity index (χ1n) is 5.45. The molecule has 4 heteroatoms. The average Bonchev–Trinajstić information content (AvgIpc) is 2.24. The SMILES string of the molecule is Fc1ccc(CN2CCCC(Cl)C2)cc1Br. The lowest BCUT2D eigenvalue weighted by Crippen LogP contribution is -2.35. The van der Waals surface area contributed by atoms with Crippen LogP contribution < -0.4 is 0 Å². The molecule has 0 saturated carbocycles. The molecule has 1 aromatic carbocycles. The topological polar surface area (TPSA) is 3.24 Å². The monoisotopic (exact) mass is 305 g/mol. The van der Waals surface area contributed by atoms with E-state index in [1.54, 1.807) is 0 Å². The first kappa shape index (κ1) is 12.3. The summed E-state index contributed by atoms with van der Waals surface area (Å²) in [5.41, 5.74) is 1.12. The van der Waals surface area contributed by atoms with Crippen molar-refractivity contribution >= 4 is 27.5 Å². The van der Waals surface area contributed by atoms with E-state index in [4.69, 9.17) is 11.6 Å². The van der Waals surface area contributed by atoms with Crippen LogP contribution in [0.25, 0.3) is 0 Å². The third-order valence-corrected chi connectivity index (χ3v) is 3.80. The minimum Gasteiger partial charge on any atom is -0.298 e.